The minimum absolute atomic E-state index is 0. The van der Waals surface area contributed by atoms with Crippen molar-refractivity contribution in [2.24, 2.45) is 0 Å². The lowest BCUT2D eigenvalue weighted by Gasteiger charge is -2.06. The lowest BCUT2D eigenvalue weighted by molar-refractivity contribution is -0.118. The van der Waals surface area contributed by atoms with Crippen LogP contribution in [0.15, 0.2) is 22.4 Å². The number of carbonyl (C=O) groups is 1. The van der Waals surface area contributed by atoms with E-state index >= 15 is 0 Å². The molecule has 0 aromatic carbocycles. The second-order valence-corrected chi connectivity index (χ2v) is 6.59. The van der Waals surface area contributed by atoms with Crippen LogP contribution in [0.4, 0.5) is 0 Å². The molecule has 0 saturated carbocycles. The minimum Gasteiger partial charge on any atom is -0.354 e. The number of hydrogen-bond acceptors (Lipinski definition) is 6. The van der Waals surface area contributed by atoms with Crippen molar-refractivity contribution in [1.82, 2.24) is 20.0 Å². The lowest BCUT2D eigenvalue weighted by atomic mass is 10.4. The van der Waals surface area contributed by atoms with E-state index in [1.54, 1.807) is 6.20 Å². The first-order valence-electron chi connectivity index (χ1n) is 7.21. The number of fused-ring (bicyclic) bond motifs is 1. The first kappa shape index (κ1) is 20.0. The molecule has 0 saturated heterocycles. The Morgan fingerprint density at radius 2 is 2.22 bits per heavy atom. The van der Waals surface area contributed by atoms with Crippen LogP contribution in [0.5, 0.6) is 0 Å². The fourth-order valence-electron chi connectivity index (χ4n) is 1.85. The molecule has 0 fully saturated rings. The summed E-state index contributed by atoms with van der Waals surface area (Å²) in [5.41, 5.74) is 0.642. The van der Waals surface area contributed by atoms with Gasteiger partial charge in [-0.25, -0.2) is 4.98 Å². The van der Waals surface area contributed by atoms with Crippen molar-refractivity contribution in [3.63, 3.8) is 0 Å². The van der Waals surface area contributed by atoms with Crippen molar-refractivity contribution in [3.05, 3.63) is 33.7 Å². The van der Waals surface area contributed by atoms with Crippen molar-refractivity contribution in [1.29, 1.82) is 0 Å². The van der Waals surface area contributed by atoms with Gasteiger partial charge in [0.2, 0.25) is 5.91 Å². The van der Waals surface area contributed by atoms with Gasteiger partial charge in [-0.1, -0.05) is 6.92 Å². The zero-order valence-electron chi connectivity index (χ0n) is 12.9. The molecule has 0 radical (unpaired) electrons. The normalized spacial score (nSPS) is 10.5. The maximum atomic E-state index is 11.8. The lowest BCUT2D eigenvalue weighted by Crippen LogP contribution is -2.33. The second-order valence-electron chi connectivity index (χ2n) is 4.73. The monoisotopic (exact) mass is 376 g/mol. The number of nitrogens with one attached hydrogen (secondary N) is 2. The molecule has 0 atom stereocenters. The minimum atomic E-state index is -0.0756. The Morgan fingerprint density at radius 1 is 1.39 bits per heavy atom. The van der Waals surface area contributed by atoms with Gasteiger partial charge in [-0.3, -0.25) is 14.0 Å². The predicted molar refractivity (Wildman–Crippen MR) is 98.9 cm³/mol. The molecule has 0 bridgehead atoms. The van der Waals surface area contributed by atoms with E-state index in [2.05, 4.69) is 22.5 Å². The van der Waals surface area contributed by atoms with Crippen LogP contribution in [0.2, 0.25) is 0 Å². The summed E-state index contributed by atoms with van der Waals surface area (Å²) in [7, 11) is 0. The molecule has 0 aliphatic carbocycles. The molecule has 0 aliphatic heterocycles. The van der Waals surface area contributed by atoms with E-state index < -0.39 is 0 Å². The molecular weight excluding hydrogens is 356 g/mol. The molecule has 0 spiro atoms. The van der Waals surface area contributed by atoms with Crippen molar-refractivity contribution >= 4 is 46.4 Å². The van der Waals surface area contributed by atoms with E-state index in [-0.39, 0.29) is 23.9 Å². The number of rotatable bonds is 9. The van der Waals surface area contributed by atoms with E-state index in [0.717, 1.165) is 25.2 Å². The summed E-state index contributed by atoms with van der Waals surface area (Å²) >= 11 is 2.89. The van der Waals surface area contributed by atoms with Crippen LogP contribution in [0.3, 0.4) is 0 Å². The first-order chi connectivity index (χ1) is 10.7. The van der Waals surface area contributed by atoms with Gasteiger partial charge in [0.25, 0.3) is 5.56 Å². The Morgan fingerprint density at radius 3 is 3.00 bits per heavy atom. The first-order valence-corrected chi connectivity index (χ1v) is 9.25. The largest absolute Gasteiger partial charge is 0.354 e. The molecule has 2 N–H and O–H groups in total. The Bertz CT molecular complexity index is 674. The van der Waals surface area contributed by atoms with Crippen LogP contribution >= 0.6 is 35.5 Å². The van der Waals surface area contributed by atoms with Crippen LogP contribution in [0.1, 0.15) is 19.0 Å². The standard InChI is InChI=1S/C14H20N4O2S2.ClH/c1-2-3-15-4-5-16-12(19)10-21-9-11-8-13(20)18-6-7-22-14(18)17-11;/h6-8,15H,2-5,9-10H2,1H3,(H,16,19);1H. The highest BCUT2D eigenvalue weighted by Gasteiger charge is 2.05. The molecule has 1 amide bonds. The summed E-state index contributed by atoms with van der Waals surface area (Å²) in [4.78, 5) is 28.6. The van der Waals surface area contributed by atoms with E-state index in [9.17, 15) is 9.59 Å². The van der Waals surface area contributed by atoms with Crippen LogP contribution in [0, 0.1) is 0 Å². The van der Waals surface area contributed by atoms with Crippen LogP contribution in [0.25, 0.3) is 4.96 Å². The van der Waals surface area contributed by atoms with E-state index in [0.29, 0.717) is 23.0 Å². The topological polar surface area (TPSA) is 75.5 Å². The van der Waals surface area contributed by atoms with Crippen molar-refractivity contribution < 1.29 is 4.79 Å². The number of halogens is 1. The summed E-state index contributed by atoms with van der Waals surface area (Å²) in [5.74, 6) is 0.946. The molecule has 2 aromatic heterocycles. The third-order valence-corrected chi connectivity index (χ3v) is 4.61. The molecule has 23 heavy (non-hydrogen) atoms. The highest BCUT2D eigenvalue weighted by atomic mass is 35.5. The third-order valence-electron chi connectivity index (χ3n) is 2.89. The van der Waals surface area contributed by atoms with Crippen molar-refractivity contribution in [3.8, 4) is 0 Å². The van der Waals surface area contributed by atoms with E-state index in [1.165, 1.54) is 33.6 Å². The van der Waals surface area contributed by atoms with Crippen molar-refractivity contribution in [2.45, 2.75) is 19.1 Å². The SMILES string of the molecule is CCCNCCNC(=O)CSCc1cc(=O)n2ccsc2n1.Cl. The zero-order valence-corrected chi connectivity index (χ0v) is 15.4. The van der Waals surface area contributed by atoms with Gasteiger partial charge in [-0.2, -0.15) is 0 Å². The Balaban J connectivity index is 0.00000264. The summed E-state index contributed by atoms with van der Waals surface area (Å²) in [6, 6.07) is 1.53. The Kier molecular flexibility index (Phi) is 9.23. The molecule has 0 unspecified atom stereocenters. The Hall–Kier alpha value is -1.09. The van der Waals surface area contributed by atoms with Crippen LogP contribution in [-0.4, -0.2) is 40.7 Å². The van der Waals surface area contributed by atoms with E-state index in [1.807, 2.05) is 5.38 Å². The maximum Gasteiger partial charge on any atom is 0.258 e. The molecule has 128 valence electrons. The number of carbonyl (C=O) groups excluding carboxylic acids is 1. The number of nitrogens with zero attached hydrogens (tertiary/aromatic N) is 2. The average molecular weight is 377 g/mol. The van der Waals surface area contributed by atoms with Gasteiger partial charge in [0, 0.05) is 36.5 Å². The second kappa shape index (κ2) is 10.6. The highest BCUT2D eigenvalue weighted by Crippen LogP contribution is 2.12. The molecule has 9 heteroatoms. The zero-order chi connectivity index (χ0) is 15.8. The molecular formula is C14H21ClN4O2S2. The van der Waals surface area contributed by atoms with Crippen molar-refractivity contribution in [2.75, 3.05) is 25.4 Å². The van der Waals surface area contributed by atoms with Gasteiger partial charge in [0.05, 0.1) is 11.4 Å². The number of amides is 1. The predicted octanol–water partition coefficient (Wildman–Crippen LogP) is 1.53. The van der Waals surface area contributed by atoms with Gasteiger partial charge >= 0.3 is 0 Å². The molecule has 6 nitrogen and oxygen atoms in total. The van der Waals surface area contributed by atoms with Crippen LogP contribution in [-0.2, 0) is 10.5 Å². The smallest absolute Gasteiger partial charge is 0.258 e. The number of thiazole rings is 1. The summed E-state index contributed by atoms with van der Waals surface area (Å²) < 4.78 is 1.52. The number of hydrogen-bond donors (Lipinski definition) is 2. The number of thioether (sulfide) groups is 1. The average Bonchev–Trinajstić information content (AvgIpc) is 2.96. The Labute approximate surface area is 149 Å². The van der Waals surface area contributed by atoms with Gasteiger partial charge < -0.3 is 10.6 Å². The molecule has 2 heterocycles. The van der Waals surface area contributed by atoms with Crippen LogP contribution < -0.4 is 16.2 Å². The third kappa shape index (κ3) is 6.50. The fraction of sp³-hybridized carbons (Fsp3) is 0.500. The van der Waals surface area contributed by atoms with Gasteiger partial charge in [0.1, 0.15) is 0 Å². The summed E-state index contributed by atoms with van der Waals surface area (Å²) in [5, 5.41) is 7.92. The maximum absolute atomic E-state index is 11.8. The molecule has 2 aromatic rings. The molecule has 0 aliphatic rings. The van der Waals surface area contributed by atoms with Gasteiger partial charge in [0.15, 0.2) is 4.96 Å². The quantitative estimate of drug-likeness (QED) is 0.649. The summed E-state index contributed by atoms with van der Waals surface area (Å²) in [6.45, 7) is 4.50. The fourth-order valence-corrected chi connectivity index (χ4v) is 3.34. The molecule has 2 rings (SSSR count). The summed E-state index contributed by atoms with van der Waals surface area (Å²) in [6.07, 6.45) is 2.80. The highest BCUT2D eigenvalue weighted by molar-refractivity contribution is 7.99. The van der Waals surface area contributed by atoms with E-state index in [4.69, 9.17) is 0 Å². The number of aromatic nitrogens is 2. The van der Waals surface area contributed by atoms with Gasteiger partial charge in [-0.05, 0) is 13.0 Å². The van der Waals surface area contributed by atoms with Gasteiger partial charge in [-0.15, -0.1) is 35.5 Å².